The van der Waals surface area contributed by atoms with Crippen molar-refractivity contribution >= 4 is 23.0 Å². The highest BCUT2D eigenvalue weighted by Gasteiger charge is 2.38. The van der Waals surface area contributed by atoms with E-state index in [1.165, 1.54) is 11.1 Å². The van der Waals surface area contributed by atoms with E-state index in [4.69, 9.17) is 4.74 Å². The Hall–Kier alpha value is -2.57. The van der Waals surface area contributed by atoms with Crippen molar-refractivity contribution in [1.29, 1.82) is 0 Å². The number of hydrogen-bond acceptors (Lipinski definition) is 4. The second kappa shape index (κ2) is 6.06. The van der Waals surface area contributed by atoms with Crippen LogP contribution in [0.15, 0.2) is 12.1 Å². The van der Waals surface area contributed by atoms with Crippen LogP contribution >= 0.6 is 0 Å². The Morgan fingerprint density at radius 2 is 2.12 bits per heavy atom. The van der Waals surface area contributed by atoms with Crippen LogP contribution < -0.4 is 0 Å². The highest BCUT2D eigenvalue weighted by Crippen LogP contribution is 2.20. The second-order valence-corrected chi connectivity index (χ2v) is 6.90. The summed E-state index contributed by atoms with van der Waals surface area (Å²) in [5.74, 6) is 0.943. The van der Waals surface area contributed by atoms with Gasteiger partial charge in [0.05, 0.1) is 17.1 Å². The molecule has 0 unspecified atom stereocenters. The molecule has 7 nitrogen and oxygen atoms in total. The quantitative estimate of drug-likeness (QED) is 0.922. The molecule has 2 aromatic rings. The average molecular weight is 342 g/mol. The summed E-state index contributed by atoms with van der Waals surface area (Å²) < 4.78 is 5.04. The van der Waals surface area contributed by atoms with Gasteiger partial charge in [0, 0.05) is 32.5 Å². The summed E-state index contributed by atoms with van der Waals surface area (Å²) in [5, 5.41) is 0. The SMILES string of the molecule is Cc1cc2nc(CCC(=O)N3CCN4C(=O)OC[C@H]4C3)[nH]c2cc1C. The van der Waals surface area contributed by atoms with E-state index in [-0.39, 0.29) is 18.0 Å². The van der Waals surface area contributed by atoms with Crippen LogP contribution in [0.5, 0.6) is 0 Å². The van der Waals surface area contributed by atoms with Crippen LogP contribution in [0.25, 0.3) is 11.0 Å². The highest BCUT2D eigenvalue weighted by atomic mass is 16.6. The fraction of sp³-hybridized carbons (Fsp3) is 0.500. The standard InChI is InChI=1S/C18H22N4O3/c1-11-7-14-15(8-12(11)2)20-16(19-14)3-4-17(23)21-5-6-22-13(9-21)10-25-18(22)24/h7-8,13H,3-6,9-10H2,1-2H3,(H,19,20)/t13-/m1/s1. The Balaban J connectivity index is 1.38. The average Bonchev–Trinajstić information content (AvgIpc) is 3.16. The van der Waals surface area contributed by atoms with Crippen LogP contribution in [-0.4, -0.2) is 64.1 Å². The highest BCUT2D eigenvalue weighted by molar-refractivity contribution is 5.79. The summed E-state index contributed by atoms with van der Waals surface area (Å²) in [6, 6.07) is 4.17. The maximum atomic E-state index is 12.5. The van der Waals surface area contributed by atoms with Crippen LogP contribution in [-0.2, 0) is 16.0 Å². The molecule has 25 heavy (non-hydrogen) atoms. The summed E-state index contributed by atoms with van der Waals surface area (Å²) in [5.41, 5.74) is 4.40. The lowest BCUT2D eigenvalue weighted by Crippen LogP contribution is -2.53. The fourth-order valence-corrected chi connectivity index (χ4v) is 3.54. The van der Waals surface area contributed by atoms with E-state index in [2.05, 4.69) is 35.9 Å². The number of hydrogen-bond donors (Lipinski definition) is 1. The first-order chi connectivity index (χ1) is 12.0. The van der Waals surface area contributed by atoms with Crippen LogP contribution in [0.1, 0.15) is 23.4 Å². The largest absolute Gasteiger partial charge is 0.447 e. The number of fused-ring (bicyclic) bond motifs is 2. The van der Waals surface area contributed by atoms with Gasteiger partial charge in [-0.2, -0.15) is 0 Å². The summed E-state index contributed by atoms with van der Waals surface area (Å²) in [6.07, 6.45) is 0.746. The number of carbonyl (C=O) groups is 2. The Morgan fingerprint density at radius 3 is 2.96 bits per heavy atom. The number of amides is 2. The molecule has 0 aliphatic carbocycles. The molecule has 3 heterocycles. The Morgan fingerprint density at radius 1 is 1.32 bits per heavy atom. The van der Waals surface area contributed by atoms with Crippen molar-refractivity contribution in [2.45, 2.75) is 32.7 Å². The minimum Gasteiger partial charge on any atom is -0.447 e. The van der Waals surface area contributed by atoms with Gasteiger partial charge in [-0.05, 0) is 37.1 Å². The van der Waals surface area contributed by atoms with Crippen molar-refractivity contribution in [3.05, 3.63) is 29.1 Å². The molecule has 2 aliphatic rings. The van der Waals surface area contributed by atoms with Crippen LogP contribution in [0, 0.1) is 13.8 Å². The van der Waals surface area contributed by atoms with Crippen molar-refractivity contribution < 1.29 is 14.3 Å². The van der Waals surface area contributed by atoms with Gasteiger partial charge in [0.25, 0.3) is 0 Å². The molecular formula is C18H22N4O3. The van der Waals surface area contributed by atoms with E-state index >= 15 is 0 Å². The number of aromatic nitrogens is 2. The number of aryl methyl sites for hydroxylation is 3. The van der Waals surface area contributed by atoms with Gasteiger partial charge in [-0.1, -0.05) is 0 Å². The first kappa shape index (κ1) is 15.9. The monoisotopic (exact) mass is 342 g/mol. The number of piperazine rings is 1. The van der Waals surface area contributed by atoms with Crippen molar-refractivity contribution in [1.82, 2.24) is 19.8 Å². The molecule has 1 aromatic heterocycles. The second-order valence-electron chi connectivity index (χ2n) is 6.90. The molecule has 0 radical (unpaired) electrons. The number of H-pyrrole nitrogens is 1. The number of nitrogens with one attached hydrogen (secondary N) is 1. The Labute approximate surface area is 146 Å². The molecule has 0 bridgehead atoms. The van der Waals surface area contributed by atoms with Gasteiger partial charge in [-0.15, -0.1) is 0 Å². The van der Waals surface area contributed by atoms with Crippen LogP contribution in [0.2, 0.25) is 0 Å². The van der Waals surface area contributed by atoms with E-state index in [9.17, 15) is 9.59 Å². The molecule has 1 atom stereocenters. The number of carbonyl (C=O) groups excluding carboxylic acids is 2. The molecule has 132 valence electrons. The van der Waals surface area contributed by atoms with Gasteiger partial charge in [-0.25, -0.2) is 9.78 Å². The zero-order valence-electron chi connectivity index (χ0n) is 14.5. The van der Waals surface area contributed by atoms with Gasteiger partial charge in [-0.3, -0.25) is 9.69 Å². The first-order valence-corrected chi connectivity index (χ1v) is 8.68. The van der Waals surface area contributed by atoms with Crippen LogP contribution in [0.3, 0.4) is 0 Å². The number of imidazole rings is 1. The number of rotatable bonds is 3. The van der Waals surface area contributed by atoms with Crippen molar-refractivity contribution in [2.75, 3.05) is 26.2 Å². The van der Waals surface area contributed by atoms with E-state index in [1.807, 2.05) is 4.90 Å². The molecule has 4 rings (SSSR count). The minimum absolute atomic E-state index is 0.00218. The van der Waals surface area contributed by atoms with Crippen molar-refractivity contribution in [3.8, 4) is 0 Å². The molecule has 0 spiro atoms. The fourth-order valence-electron chi connectivity index (χ4n) is 3.54. The summed E-state index contributed by atoms with van der Waals surface area (Å²) in [4.78, 5) is 35.5. The van der Waals surface area contributed by atoms with E-state index in [0.717, 1.165) is 16.9 Å². The Kier molecular flexibility index (Phi) is 3.86. The number of ether oxygens (including phenoxy) is 1. The lowest BCUT2D eigenvalue weighted by Gasteiger charge is -2.35. The van der Waals surface area contributed by atoms with Gasteiger partial charge < -0.3 is 14.6 Å². The third-order valence-electron chi connectivity index (χ3n) is 5.19. The smallest absolute Gasteiger partial charge is 0.410 e. The summed E-state index contributed by atoms with van der Waals surface area (Å²) in [7, 11) is 0. The van der Waals surface area contributed by atoms with E-state index < -0.39 is 0 Å². The minimum atomic E-state index is -0.259. The lowest BCUT2D eigenvalue weighted by atomic mass is 10.1. The topological polar surface area (TPSA) is 78.5 Å². The molecule has 2 fully saturated rings. The number of benzene rings is 1. The van der Waals surface area contributed by atoms with Gasteiger partial charge in [0.2, 0.25) is 5.91 Å². The van der Waals surface area contributed by atoms with Gasteiger partial charge in [0.15, 0.2) is 0 Å². The van der Waals surface area contributed by atoms with E-state index in [0.29, 0.717) is 39.1 Å². The van der Waals surface area contributed by atoms with Gasteiger partial charge in [0.1, 0.15) is 12.4 Å². The summed E-state index contributed by atoms with van der Waals surface area (Å²) in [6.45, 7) is 6.22. The zero-order valence-corrected chi connectivity index (χ0v) is 14.5. The summed E-state index contributed by atoms with van der Waals surface area (Å²) >= 11 is 0. The Bertz CT molecular complexity index is 805. The van der Waals surface area contributed by atoms with E-state index in [1.54, 1.807) is 4.90 Å². The van der Waals surface area contributed by atoms with Crippen LogP contribution in [0.4, 0.5) is 4.79 Å². The third kappa shape index (κ3) is 2.94. The predicted octanol–water partition coefficient (Wildman–Crippen LogP) is 1.78. The zero-order chi connectivity index (χ0) is 17.6. The molecular weight excluding hydrogens is 320 g/mol. The molecule has 2 amide bonds. The maximum absolute atomic E-state index is 12.5. The number of nitrogens with zero attached hydrogens (tertiary/aromatic N) is 3. The number of cyclic esters (lactones) is 1. The molecule has 1 N–H and O–H groups in total. The third-order valence-corrected chi connectivity index (χ3v) is 5.19. The lowest BCUT2D eigenvalue weighted by molar-refractivity contribution is -0.133. The predicted molar refractivity (Wildman–Crippen MR) is 92.3 cm³/mol. The molecule has 0 saturated carbocycles. The normalized spacial score (nSPS) is 20.1. The molecule has 2 saturated heterocycles. The van der Waals surface area contributed by atoms with Gasteiger partial charge >= 0.3 is 6.09 Å². The number of aromatic amines is 1. The first-order valence-electron chi connectivity index (χ1n) is 8.68. The van der Waals surface area contributed by atoms with Crippen molar-refractivity contribution in [3.63, 3.8) is 0 Å². The molecule has 1 aromatic carbocycles. The maximum Gasteiger partial charge on any atom is 0.410 e. The molecule has 7 heteroatoms. The van der Waals surface area contributed by atoms with Crippen molar-refractivity contribution in [2.24, 2.45) is 0 Å². The molecule has 2 aliphatic heterocycles.